The molecule has 2 amide bonds. The second kappa shape index (κ2) is 10.8. The number of amides is 2. The maximum atomic E-state index is 13.2. The first-order valence-corrected chi connectivity index (χ1v) is 11.3. The standard InChI is InChI=1S/C25H21Cl2FN2O4/c26-17-5-10-22(20(27)12-17)33-11-1-2-24(31)29-19-8-9-21-23(13-19)34-15-25(32)30(21)14-16-3-6-18(28)7-4-16/h3-10,12-13H,1-2,11,14-15H2,(H,29,31). The van der Waals surface area contributed by atoms with E-state index in [1.165, 1.54) is 12.1 Å². The first kappa shape index (κ1) is 23.9. The third-order valence-corrected chi connectivity index (χ3v) is 5.67. The Labute approximate surface area is 206 Å². The molecule has 1 aliphatic heterocycles. The summed E-state index contributed by atoms with van der Waals surface area (Å²) in [5.41, 5.74) is 1.94. The highest BCUT2D eigenvalue weighted by Crippen LogP contribution is 2.35. The van der Waals surface area contributed by atoms with Gasteiger partial charge in [-0.1, -0.05) is 35.3 Å². The Kier molecular flexibility index (Phi) is 7.55. The molecule has 3 aromatic rings. The second-order valence-corrected chi connectivity index (χ2v) is 8.50. The molecule has 1 N–H and O–H groups in total. The highest BCUT2D eigenvalue weighted by molar-refractivity contribution is 6.35. The number of benzene rings is 3. The summed E-state index contributed by atoms with van der Waals surface area (Å²) < 4.78 is 24.3. The van der Waals surface area contributed by atoms with E-state index in [0.29, 0.717) is 52.5 Å². The lowest BCUT2D eigenvalue weighted by atomic mass is 10.1. The van der Waals surface area contributed by atoms with Crippen molar-refractivity contribution in [3.63, 3.8) is 0 Å². The molecule has 1 aliphatic rings. The van der Waals surface area contributed by atoms with Gasteiger partial charge in [0.05, 0.1) is 23.9 Å². The van der Waals surface area contributed by atoms with Crippen LogP contribution in [0.5, 0.6) is 11.5 Å². The number of carbonyl (C=O) groups excluding carboxylic acids is 2. The summed E-state index contributed by atoms with van der Waals surface area (Å²) in [6, 6.07) is 16.1. The fourth-order valence-electron chi connectivity index (χ4n) is 3.46. The average Bonchev–Trinajstić information content (AvgIpc) is 2.81. The molecule has 0 bridgehead atoms. The van der Waals surface area contributed by atoms with Gasteiger partial charge in [-0.05, 0) is 54.4 Å². The molecule has 0 atom stereocenters. The Morgan fingerprint density at radius 1 is 1.09 bits per heavy atom. The average molecular weight is 503 g/mol. The fraction of sp³-hybridized carbons (Fsp3) is 0.200. The van der Waals surface area contributed by atoms with Crippen LogP contribution in [-0.2, 0) is 16.1 Å². The molecule has 0 spiro atoms. The number of ether oxygens (including phenoxy) is 2. The van der Waals surface area contributed by atoms with Crippen LogP contribution in [0.4, 0.5) is 15.8 Å². The zero-order valence-electron chi connectivity index (χ0n) is 18.0. The van der Waals surface area contributed by atoms with Crippen molar-refractivity contribution in [3.05, 3.63) is 82.1 Å². The number of rotatable bonds is 8. The topological polar surface area (TPSA) is 67.9 Å². The number of nitrogens with zero attached hydrogens (tertiary/aromatic N) is 1. The molecule has 9 heteroatoms. The predicted molar refractivity (Wildman–Crippen MR) is 129 cm³/mol. The molecular formula is C25H21Cl2FN2O4. The van der Waals surface area contributed by atoms with Crippen LogP contribution in [0.25, 0.3) is 0 Å². The van der Waals surface area contributed by atoms with Gasteiger partial charge in [0.15, 0.2) is 6.61 Å². The molecular weight excluding hydrogens is 482 g/mol. The maximum Gasteiger partial charge on any atom is 0.265 e. The van der Waals surface area contributed by atoms with Crippen molar-refractivity contribution in [3.8, 4) is 11.5 Å². The summed E-state index contributed by atoms with van der Waals surface area (Å²) in [5, 5.41) is 3.77. The summed E-state index contributed by atoms with van der Waals surface area (Å²) in [5.74, 6) is 0.284. The molecule has 0 fully saturated rings. The number of hydrogen-bond donors (Lipinski definition) is 1. The van der Waals surface area contributed by atoms with E-state index in [2.05, 4.69) is 5.32 Å². The largest absolute Gasteiger partial charge is 0.492 e. The number of anilines is 2. The van der Waals surface area contributed by atoms with Crippen molar-refractivity contribution in [2.24, 2.45) is 0 Å². The molecule has 1 heterocycles. The van der Waals surface area contributed by atoms with Crippen molar-refractivity contribution in [2.75, 3.05) is 23.4 Å². The molecule has 34 heavy (non-hydrogen) atoms. The van der Waals surface area contributed by atoms with Crippen molar-refractivity contribution >= 4 is 46.4 Å². The van der Waals surface area contributed by atoms with Gasteiger partial charge in [-0.3, -0.25) is 9.59 Å². The van der Waals surface area contributed by atoms with Crippen LogP contribution < -0.4 is 19.7 Å². The van der Waals surface area contributed by atoms with Gasteiger partial charge in [-0.15, -0.1) is 0 Å². The minimum Gasteiger partial charge on any atom is -0.492 e. The molecule has 0 aromatic heterocycles. The first-order chi connectivity index (χ1) is 16.4. The van der Waals surface area contributed by atoms with E-state index in [9.17, 15) is 14.0 Å². The molecule has 0 radical (unpaired) electrons. The molecule has 3 aromatic carbocycles. The first-order valence-electron chi connectivity index (χ1n) is 10.6. The van der Waals surface area contributed by atoms with Crippen molar-refractivity contribution < 1.29 is 23.5 Å². The minimum atomic E-state index is -0.335. The molecule has 4 rings (SSSR count). The lowest BCUT2D eigenvalue weighted by Crippen LogP contribution is -2.38. The number of fused-ring (bicyclic) bond motifs is 1. The number of nitrogens with one attached hydrogen (secondary N) is 1. The summed E-state index contributed by atoms with van der Waals surface area (Å²) >= 11 is 11.9. The van der Waals surface area contributed by atoms with Gasteiger partial charge in [0.25, 0.3) is 5.91 Å². The van der Waals surface area contributed by atoms with E-state index in [1.54, 1.807) is 53.4 Å². The van der Waals surface area contributed by atoms with Crippen molar-refractivity contribution in [1.29, 1.82) is 0 Å². The lowest BCUT2D eigenvalue weighted by molar-refractivity contribution is -0.121. The van der Waals surface area contributed by atoms with E-state index < -0.39 is 0 Å². The van der Waals surface area contributed by atoms with E-state index in [-0.39, 0.29) is 30.7 Å². The van der Waals surface area contributed by atoms with E-state index in [0.717, 1.165) is 5.56 Å². The van der Waals surface area contributed by atoms with Gasteiger partial charge >= 0.3 is 0 Å². The Morgan fingerprint density at radius 3 is 2.65 bits per heavy atom. The van der Waals surface area contributed by atoms with Gasteiger partial charge in [0.2, 0.25) is 5.91 Å². The maximum absolute atomic E-state index is 13.2. The van der Waals surface area contributed by atoms with Crippen LogP contribution in [0.2, 0.25) is 10.0 Å². The molecule has 0 saturated heterocycles. The number of halogens is 3. The van der Waals surface area contributed by atoms with Crippen LogP contribution in [0, 0.1) is 5.82 Å². The Morgan fingerprint density at radius 2 is 1.88 bits per heavy atom. The zero-order valence-corrected chi connectivity index (χ0v) is 19.5. The Balaban J connectivity index is 1.32. The molecule has 6 nitrogen and oxygen atoms in total. The third-order valence-electron chi connectivity index (χ3n) is 5.14. The summed E-state index contributed by atoms with van der Waals surface area (Å²) in [4.78, 5) is 26.3. The van der Waals surface area contributed by atoms with Gasteiger partial charge in [0, 0.05) is 23.2 Å². The summed E-state index contributed by atoms with van der Waals surface area (Å²) in [6.07, 6.45) is 0.741. The van der Waals surface area contributed by atoms with Crippen LogP contribution in [0.3, 0.4) is 0 Å². The van der Waals surface area contributed by atoms with Crippen molar-refractivity contribution in [1.82, 2.24) is 0 Å². The molecule has 0 aliphatic carbocycles. The van der Waals surface area contributed by atoms with Gasteiger partial charge < -0.3 is 19.7 Å². The monoisotopic (exact) mass is 502 g/mol. The highest BCUT2D eigenvalue weighted by atomic mass is 35.5. The summed E-state index contributed by atoms with van der Waals surface area (Å²) in [7, 11) is 0. The number of hydrogen-bond acceptors (Lipinski definition) is 4. The van der Waals surface area contributed by atoms with Crippen molar-refractivity contribution in [2.45, 2.75) is 19.4 Å². The van der Waals surface area contributed by atoms with E-state index >= 15 is 0 Å². The van der Waals surface area contributed by atoms with Crippen LogP contribution in [0.15, 0.2) is 60.7 Å². The Bertz CT molecular complexity index is 1200. The van der Waals surface area contributed by atoms with Gasteiger partial charge in [-0.2, -0.15) is 0 Å². The van der Waals surface area contributed by atoms with Crippen LogP contribution in [-0.4, -0.2) is 25.0 Å². The summed E-state index contributed by atoms with van der Waals surface area (Å²) in [6.45, 7) is 0.498. The number of carbonyl (C=O) groups is 2. The lowest BCUT2D eigenvalue weighted by Gasteiger charge is -2.29. The smallest absolute Gasteiger partial charge is 0.265 e. The highest BCUT2D eigenvalue weighted by Gasteiger charge is 2.26. The predicted octanol–water partition coefficient (Wildman–Crippen LogP) is 5.86. The fourth-order valence-corrected chi connectivity index (χ4v) is 3.92. The quantitative estimate of drug-likeness (QED) is 0.392. The molecule has 176 valence electrons. The third kappa shape index (κ3) is 5.98. The normalized spacial score (nSPS) is 12.7. The van der Waals surface area contributed by atoms with Crippen LogP contribution >= 0.6 is 23.2 Å². The van der Waals surface area contributed by atoms with E-state index in [4.69, 9.17) is 32.7 Å². The Hall–Kier alpha value is -3.29. The van der Waals surface area contributed by atoms with Crippen LogP contribution in [0.1, 0.15) is 18.4 Å². The van der Waals surface area contributed by atoms with E-state index in [1.807, 2.05) is 0 Å². The molecule has 0 unspecified atom stereocenters. The van der Waals surface area contributed by atoms with Gasteiger partial charge in [0.1, 0.15) is 17.3 Å². The zero-order chi connectivity index (χ0) is 24.1. The van der Waals surface area contributed by atoms with Gasteiger partial charge in [-0.25, -0.2) is 4.39 Å². The molecule has 0 saturated carbocycles. The second-order valence-electron chi connectivity index (χ2n) is 7.65. The minimum absolute atomic E-state index is 0.115. The SMILES string of the molecule is O=C(CCCOc1ccc(Cl)cc1Cl)Nc1ccc2c(c1)OCC(=O)N2Cc1ccc(F)cc1.